The van der Waals surface area contributed by atoms with Crippen molar-refractivity contribution in [2.75, 3.05) is 32.8 Å². The van der Waals surface area contributed by atoms with Gasteiger partial charge in [-0.05, 0) is 43.5 Å². The van der Waals surface area contributed by atoms with Crippen LogP contribution in [0.15, 0.2) is 53.6 Å². The monoisotopic (exact) mass is 474 g/mol. The summed E-state index contributed by atoms with van der Waals surface area (Å²) in [4.78, 5) is 27.0. The first kappa shape index (κ1) is 24.8. The number of rotatable bonds is 10. The van der Waals surface area contributed by atoms with Crippen molar-refractivity contribution in [1.82, 2.24) is 15.6 Å². The van der Waals surface area contributed by atoms with Crippen molar-refractivity contribution in [2.24, 2.45) is 5.10 Å². The minimum Gasteiger partial charge on any atom is -0.379 e. The maximum Gasteiger partial charge on any atom is 0.257 e. The zero-order valence-corrected chi connectivity index (χ0v) is 19.1. The third kappa shape index (κ3) is 7.63. The van der Waals surface area contributed by atoms with E-state index in [0.717, 1.165) is 12.8 Å². The summed E-state index contributed by atoms with van der Waals surface area (Å²) in [6, 6.07) is 13.0. The Labute approximate surface area is 197 Å². The highest BCUT2D eigenvalue weighted by molar-refractivity contribution is 6.33. The second kappa shape index (κ2) is 13.0. The number of hydrogen-bond acceptors (Lipinski definition) is 5. The van der Waals surface area contributed by atoms with Gasteiger partial charge in [0.2, 0.25) is 0 Å². The molecule has 1 fully saturated rings. The van der Waals surface area contributed by atoms with Gasteiger partial charge in [-0.25, -0.2) is 9.82 Å². The van der Waals surface area contributed by atoms with Crippen LogP contribution < -0.4 is 10.7 Å². The quantitative estimate of drug-likeness (QED) is 0.314. The summed E-state index contributed by atoms with van der Waals surface area (Å²) in [5, 5.41) is 7.03. The van der Waals surface area contributed by atoms with E-state index in [0.29, 0.717) is 44.8 Å². The lowest BCUT2D eigenvalue weighted by molar-refractivity contribution is -0.128. The Bertz CT molecular complexity index is 932. The second-order valence-corrected chi connectivity index (χ2v) is 8.06. The Kier molecular flexibility index (Phi) is 9.80. The summed E-state index contributed by atoms with van der Waals surface area (Å²) in [5.74, 6) is -0.893. The van der Waals surface area contributed by atoms with Crippen LogP contribution in [0.25, 0.3) is 0 Å². The van der Waals surface area contributed by atoms with Gasteiger partial charge in [0.25, 0.3) is 11.8 Å². The highest BCUT2D eigenvalue weighted by Crippen LogP contribution is 2.17. The zero-order chi connectivity index (χ0) is 23.5. The molecule has 7 nitrogen and oxygen atoms in total. The summed E-state index contributed by atoms with van der Waals surface area (Å²) in [7, 11) is 0. The molecule has 0 aromatic heterocycles. The van der Waals surface area contributed by atoms with Crippen LogP contribution in [-0.4, -0.2) is 61.8 Å². The number of unbranched alkanes of at least 4 members (excludes halogenated alkanes) is 1. The standard InChI is InChI=1S/C24H28ClFN4O3/c25-20-9-6-10-21(26)19(20)17-28-29-24(32)22(30-13-15-33-16-14-30)11-4-5-12-27-23(31)18-7-2-1-3-8-18/h1-3,6-10,17,22H,4-5,11-16H2,(H,27,31)(H,29,32)/b28-17+. The van der Waals surface area contributed by atoms with Gasteiger partial charge in [0.1, 0.15) is 5.82 Å². The highest BCUT2D eigenvalue weighted by Gasteiger charge is 2.27. The van der Waals surface area contributed by atoms with Crippen molar-refractivity contribution in [3.8, 4) is 0 Å². The number of carbonyl (C=O) groups is 2. The third-order valence-corrected chi connectivity index (χ3v) is 5.71. The molecule has 1 aliphatic heterocycles. The van der Waals surface area contributed by atoms with Crippen molar-refractivity contribution in [3.63, 3.8) is 0 Å². The molecule has 0 radical (unpaired) electrons. The van der Waals surface area contributed by atoms with Gasteiger partial charge in [-0.1, -0.05) is 35.9 Å². The predicted molar refractivity (Wildman–Crippen MR) is 126 cm³/mol. The molecule has 9 heteroatoms. The Morgan fingerprint density at radius 2 is 1.88 bits per heavy atom. The topological polar surface area (TPSA) is 83.0 Å². The summed E-state index contributed by atoms with van der Waals surface area (Å²) >= 11 is 5.99. The molecule has 1 heterocycles. The van der Waals surface area contributed by atoms with E-state index in [2.05, 4.69) is 20.7 Å². The number of benzene rings is 2. The van der Waals surface area contributed by atoms with Crippen LogP contribution in [0.1, 0.15) is 35.2 Å². The van der Waals surface area contributed by atoms with Gasteiger partial charge < -0.3 is 10.1 Å². The first-order valence-electron chi connectivity index (χ1n) is 11.0. The van der Waals surface area contributed by atoms with Crippen molar-refractivity contribution in [2.45, 2.75) is 25.3 Å². The molecule has 0 saturated carbocycles. The lowest BCUT2D eigenvalue weighted by Crippen LogP contribution is -2.50. The van der Waals surface area contributed by atoms with E-state index in [9.17, 15) is 14.0 Å². The molecule has 0 bridgehead atoms. The first-order chi connectivity index (χ1) is 16.1. The van der Waals surface area contributed by atoms with Crippen molar-refractivity contribution < 1.29 is 18.7 Å². The van der Waals surface area contributed by atoms with E-state index < -0.39 is 11.9 Å². The lowest BCUT2D eigenvalue weighted by Gasteiger charge is -2.33. The number of hydrogen-bond donors (Lipinski definition) is 2. The fourth-order valence-electron chi connectivity index (χ4n) is 3.59. The normalized spacial score (nSPS) is 15.3. The van der Waals surface area contributed by atoms with Gasteiger partial charge in [0.05, 0.1) is 30.5 Å². The molecular weight excluding hydrogens is 447 g/mol. The Balaban J connectivity index is 1.50. The number of ether oxygens (including phenoxy) is 1. The zero-order valence-electron chi connectivity index (χ0n) is 18.3. The molecule has 1 saturated heterocycles. The summed E-state index contributed by atoms with van der Waals surface area (Å²) in [6.07, 6.45) is 3.29. The van der Waals surface area contributed by atoms with Crippen LogP contribution in [0.5, 0.6) is 0 Å². The molecule has 176 valence electrons. The van der Waals surface area contributed by atoms with Crippen LogP contribution in [0, 0.1) is 5.82 Å². The number of halogens is 2. The largest absolute Gasteiger partial charge is 0.379 e. The molecule has 1 unspecified atom stereocenters. The van der Waals surface area contributed by atoms with Gasteiger partial charge in [-0.2, -0.15) is 5.10 Å². The average molecular weight is 475 g/mol. The van der Waals surface area contributed by atoms with E-state index in [1.165, 1.54) is 18.3 Å². The lowest BCUT2D eigenvalue weighted by atomic mass is 10.1. The molecule has 0 aliphatic carbocycles. The van der Waals surface area contributed by atoms with E-state index in [-0.39, 0.29) is 22.4 Å². The number of nitrogens with zero attached hydrogens (tertiary/aromatic N) is 2. The Morgan fingerprint density at radius 1 is 1.12 bits per heavy atom. The van der Waals surface area contributed by atoms with Gasteiger partial charge in [0.15, 0.2) is 0 Å². The van der Waals surface area contributed by atoms with Gasteiger partial charge in [0, 0.05) is 30.8 Å². The average Bonchev–Trinajstić information content (AvgIpc) is 2.84. The third-order valence-electron chi connectivity index (χ3n) is 5.38. The number of amides is 2. The summed E-state index contributed by atoms with van der Waals surface area (Å²) in [6.45, 7) is 2.93. The molecule has 2 N–H and O–H groups in total. The van der Waals surface area contributed by atoms with Gasteiger partial charge >= 0.3 is 0 Å². The van der Waals surface area contributed by atoms with E-state index >= 15 is 0 Å². The van der Waals surface area contributed by atoms with Crippen LogP contribution in [0.3, 0.4) is 0 Å². The maximum atomic E-state index is 13.9. The molecule has 2 aromatic rings. The van der Waals surface area contributed by atoms with Crippen molar-refractivity contribution in [3.05, 3.63) is 70.5 Å². The SMILES string of the molecule is O=C(NCCCCC(C(=O)N/N=C/c1c(F)cccc1Cl)N1CCOCC1)c1ccccc1. The molecule has 2 aromatic carbocycles. The number of morpholine rings is 1. The molecule has 2 amide bonds. The molecule has 1 aliphatic rings. The van der Waals surface area contributed by atoms with E-state index in [4.69, 9.17) is 16.3 Å². The minimum absolute atomic E-state index is 0.112. The number of carbonyl (C=O) groups excluding carboxylic acids is 2. The number of hydrazone groups is 1. The maximum absolute atomic E-state index is 13.9. The second-order valence-electron chi connectivity index (χ2n) is 7.65. The molecule has 1 atom stereocenters. The highest BCUT2D eigenvalue weighted by atomic mass is 35.5. The molecular formula is C24H28ClFN4O3. The molecule has 0 spiro atoms. The fourth-order valence-corrected chi connectivity index (χ4v) is 3.81. The van der Waals surface area contributed by atoms with Crippen LogP contribution in [0.4, 0.5) is 4.39 Å². The smallest absolute Gasteiger partial charge is 0.257 e. The van der Waals surface area contributed by atoms with E-state index in [1.54, 1.807) is 18.2 Å². The number of nitrogens with one attached hydrogen (secondary N) is 2. The predicted octanol–water partition coefficient (Wildman–Crippen LogP) is 3.23. The first-order valence-corrected chi connectivity index (χ1v) is 11.4. The van der Waals surface area contributed by atoms with E-state index in [1.807, 2.05) is 18.2 Å². The van der Waals surface area contributed by atoms with Crippen molar-refractivity contribution in [1.29, 1.82) is 0 Å². The summed E-state index contributed by atoms with van der Waals surface area (Å²) < 4.78 is 19.3. The van der Waals surface area contributed by atoms with Gasteiger partial charge in [-0.15, -0.1) is 0 Å². The molecule has 33 heavy (non-hydrogen) atoms. The van der Waals surface area contributed by atoms with Crippen LogP contribution in [0.2, 0.25) is 5.02 Å². The summed E-state index contributed by atoms with van der Waals surface area (Å²) in [5.41, 5.74) is 3.26. The Hall–Kier alpha value is -2.81. The minimum atomic E-state index is -0.511. The van der Waals surface area contributed by atoms with Crippen LogP contribution >= 0.6 is 11.6 Å². The molecule has 3 rings (SSSR count). The van der Waals surface area contributed by atoms with Crippen molar-refractivity contribution >= 4 is 29.6 Å². The van der Waals surface area contributed by atoms with Gasteiger partial charge in [-0.3, -0.25) is 14.5 Å². The van der Waals surface area contributed by atoms with Crippen LogP contribution in [-0.2, 0) is 9.53 Å². The Morgan fingerprint density at radius 3 is 2.61 bits per heavy atom. The fraction of sp³-hybridized carbons (Fsp3) is 0.375.